The summed E-state index contributed by atoms with van der Waals surface area (Å²) in [5.74, 6) is 0. The van der Waals surface area contributed by atoms with E-state index in [9.17, 15) is 4.79 Å². The monoisotopic (exact) mass is 205 g/mol. The van der Waals surface area contributed by atoms with E-state index in [1.165, 1.54) is 0 Å². The fourth-order valence-electron chi connectivity index (χ4n) is 2.00. The van der Waals surface area contributed by atoms with Gasteiger partial charge in [0.2, 0.25) is 0 Å². The van der Waals surface area contributed by atoms with Crippen molar-refractivity contribution in [3.8, 4) is 0 Å². The van der Waals surface area contributed by atoms with Gasteiger partial charge in [-0.2, -0.15) is 0 Å². The molecule has 2 nitrogen and oxygen atoms in total. The summed E-state index contributed by atoms with van der Waals surface area (Å²) in [5, 5.41) is 2.15. The van der Waals surface area contributed by atoms with Crippen molar-refractivity contribution in [3.05, 3.63) is 48.0 Å². The van der Waals surface area contributed by atoms with Gasteiger partial charge in [0.05, 0.1) is 0 Å². The first-order valence-electron chi connectivity index (χ1n) is 5.06. The second-order valence-corrected chi connectivity index (χ2v) is 3.80. The molecule has 0 aliphatic carbocycles. The Morgan fingerprint density at radius 2 is 1.75 bits per heavy atom. The van der Waals surface area contributed by atoms with E-state index in [-0.39, 0.29) is 0 Å². The third kappa shape index (κ3) is 1.25. The summed E-state index contributed by atoms with van der Waals surface area (Å²) in [6, 6.07) is 13.4. The van der Waals surface area contributed by atoms with Crippen LogP contribution in [0.4, 0.5) is 0 Å². The number of hydrogen-bond donors (Lipinski definition) is 1. The Morgan fingerprint density at radius 1 is 1.00 bits per heavy atom. The molecule has 0 amide bonds. The van der Waals surface area contributed by atoms with Crippen LogP contribution in [0.3, 0.4) is 0 Å². The summed E-state index contributed by atoms with van der Waals surface area (Å²) in [6.45, 7) is 0. The van der Waals surface area contributed by atoms with Crippen LogP contribution in [-0.2, 0) is 0 Å². The van der Waals surface area contributed by atoms with Gasteiger partial charge in [-0.3, -0.25) is 0 Å². The molecule has 0 saturated carbocycles. The molecule has 0 saturated heterocycles. The molecule has 0 fully saturated rings. The largest absolute Gasteiger partial charge is 0.355 e. The standard InChI is InChI=1S/C13H8BNO/c14-13(16)8-5-6-12-10(7-8)9-3-1-2-4-11(9)15-12/h1-7,15H. The van der Waals surface area contributed by atoms with Crippen molar-refractivity contribution in [2.24, 2.45) is 0 Å². The number of carbonyl (C=O) groups excluding carboxylic acids is 1. The molecule has 2 radical (unpaired) electrons. The molecule has 0 aliphatic heterocycles. The zero-order valence-electron chi connectivity index (χ0n) is 8.53. The van der Waals surface area contributed by atoms with Gasteiger partial charge in [-0.1, -0.05) is 24.3 Å². The molecule has 0 unspecified atom stereocenters. The number of benzene rings is 2. The van der Waals surface area contributed by atoms with Gasteiger partial charge in [0.15, 0.2) is 7.85 Å². The first-order chi connectivity index (χ1) is 7.75. The molecule has 3 aromatic rings. The van der Waals surface area contributed by atoms with E-state index in [1.54, 1.807) is 6.07 Å². The molecule has 1 N–H and O–H groups in total. The number of aromatic amines is 1. The SMILES string of the molecule is [B]C(=O)c1ccc2[nH]c3ccccc3c2c1. The third-order valence-corrected chi connectivity index (χ3v) is 2.79. The molecule has 74 valence electrons. The third-order valence-electron chi connectivity index (χ3n) is 2.79. The lowest BCUT2D eigenvalue weighted by molar-refractivity contribution is 0.108. The number of H-pyrrole nitrogens is 1. The molecule has 0 aliphatic rings. The lowest BCUT2D eigenvalue weighted by atomic mass is 9.94. The molecule has 3 heteroatoms. The maximum Gasteiger partial charge on any atom is 0.175 e. The lowest BCUT2D eigenvalue weighted by Crippen LogP contribution is -1.95. The van der Waals surface area contributed by atoms with Crippen molar-refractivity contribution in [1.29, 1.82) is 0 Å². The van der Waals surface area contributed by atoms with Crippen molar-refractivity contribution in [1.82, 2.24) is 4.98 Å². The summed E-state index contributed by atoms with van der Waals surface area (Å²) in [6.07, 6.45) is 0. The number of fused-ring (bicyclic) bond motifs is 3. The molecule has 0 spiro atoms. The van der Waals surface area contributed by atoms with E-state index in [0.717, 1.165) is 21.8 Å². The Bertz CT molecular complexity index is 699. The van der Waals surface area contributed by atoms with Crippen LogP contribution in [0.1, 0.15) is 10.4 Å². The summed E-state index contributed by atoms with van der Waals surface area (Å²) < 4.78 is 0. The highest BCUT2D eigenvalue weighted by Gasteiger charge is 2.05. The molecular weight excluding hydrogens is 197 g/mol. The van der Waals surface area contributed by atoms with Crippen molar-refractivity contribution in [2.75, 3.05) is 0 Å². The minimum Gasteiger partial charge on any atom is -0.355 e. The van der Waals surface area contributed by atoms with Crippen LogP contribution in [-0.4, -0.2) is 18.5 Å². The van der Waals surface area contributed by atoms with Gasteiger partial charge < -0.3 is 9.78 Å². The number of rotatable bonds is 1. The first kappa shape index (κ1) is 9.22. The van der Waals surface area contributed by atoms with Gasteiger partial charge in [-0.15, -0.1) is 0 Å². The molecule has 3 rings (SSSR count). The number of hydrogen-bond acceptors (Lipinski definition) is 1. The Kier molecular flexibility index (Phi) is 1.87. The fraction of sp³-hybridized carbons (Fsp3) is 0. The van der Waals surface area contributed by atoms with E-state index in [0.29, 0.717) is 5.56 Å². The van der Waals surface area contributed by atoms with E-state index in [2.05, 4.69) is 4.98 Å². The fourth-order valence-corrected chi connectivity index (χ4v) is 2.00. The van der Waals surface area contributed by atoms with Crippen LogP contribution in [0.5, 0.6) is 0 Å². The molecule has 0 bridgehead atoms. The zero-order chi connectivity index (χ0) is 11.1. The lowest BCUT2D eigenvalue weighted by Gasteiger charge is -1.96. The average molecular weight is 205 g/mol. The van der Waals surface area contributed by atoms with Crippen LogP contribution in [0, 0.1) is 0 Å². The molecule has 1 heterocycles. The quantitative estimate of drug-likeness (QED) is 0.608. The topological polar surface area (TPSA) is 32.9 Å². The van der Waals surface area contributed by atoms with Gasteiger partial charge in [-0.05, 0) is 18.2 Å². The van der Waals surface area contributed by atoms with Crippen molar-refractivity contribution in [3.63, 3.8) is 0 Å². The predicted molar refractivity (Wildman–Crippen MR) is 65.9 cm³/mol. The highest BCUT2D eigenvalue weighted by Crippen LogP contribution is 2.25. The molecular formula is C13H8BNO. The number of aromatic nitrogens is 1. The summed E-state index contributed by atoms with van der Waals surface area (Å²) in [7, 11) is 5.27. The van der Waals surface area contributed by atoms with Gasteiger partial charge >= 0.3 is 0 Å². The molecule has 16 heavy (non-hydrogen) atoms. The highest BCUT2D eigenvalue weighted by molar-refractivity contribution is 6.62. The van der Waals surface area contributed by atoms with Crippen LogP contribution in [0.2, 0.25) is 0 Å². The van der Waals surface area contributed by atoms with E-state index < -0.39 is 5.68 Å². The van der Waals surface area contributed by atoms with Crippen molar-refractivity contribution < 1.29 is 4.79 Å². The maximum absolute atomic E-state index is 11.1. The Labute approximate surface area is 93.7 Å². The van der Waals surface area contributed by atoms with E-state index >= 15 is 0 Å². The van der Waals surface area contributed by atoms with Crippen molar-refractivity contribution >= 4 is 35.3 Å². The van der Waals surface area contributed by atoms with Crippen LogP contribution in [0.25, 0.3) is 21.8 Å². The van der Waals surface area contributed by atoms with Crippen LogP contribution >= 0.6 is 0 Å². The van der Waals surface area contributed by atoms with Crippen LogP contribution < -0.4 is 0 Å². The minimum atomic E-state index is -0.396. The first-order valence-corrected chi connectivity index (χ1v) is 5.06. The van der Waals surface area contributed by atoms with Gasteiger partial charge in [0.25, 0.3) is 0 Å². The second kappa shape index (κ2) is 3.24. The summed E-state index contributed by atoms with van der Waals surface area (Å²) in [4.78, 5) is 14.4. The van der Waals surface area contributed by atoms with E-state index in [1.807, 2.05) is 36.4 Å². The van der Waals surface area contributed by atoms with Gasteiger partial charge in [-0.25, -0.2) is 0 Å². The van der Waals surface area contributed by atoms with Gasteiger partial charge in [0, 0.05) is 27.4 Å². The van der Waals surface area contributed by atoms with Crippen molar-refractivity contribution in [2.45, 2.75) is 0 Å². The number of nitrogens with one attached hydrogen (secondary N) is 1. The van der Waals surface area contributed by atoms with Crippen LogP contribution in [0.15, 0.2) is 42.5 Å². The smallest absolute Gasteiger partial charge is 0.175 e. The maximum atomic E-state index is 11.1. The number of carbonyl (C=O) groups is 1. The average Bonchev–Trinajstić information content (AvgIpc) is 2.66. The Hall–Kier alpha value is -2.03. The number of para-hydroxylation sites is 1. The molecule has 1 aromatic heterocycles. The predicted octanol–water partition coefficient (Wildman–Crippen LogP) is 2.63. The Morgan fingerprint density at radius 3 is 2.56 bits per heavy atom. The zero-order valence-corrected chi connectivity index (χ0v) is 8.53. The normalized spacial score (nSPS) is 11.0. The molecule has 2 aromatic carbocycles. The Balaban J connectivity index is 2.44. The molecule has 0 atom stereocenters. The highest BCUT2D eigenvalue weighted by atomic mass is 16.1. The minimum absolute atomic E-state index is 0.396. The van der Waals surface area contributed by atoms with E-state index in [4.69, 9.17) is 7.85 Å². The summed E-state index contributed by atoms with van der Waals surface area (Å²) in [5.41, 5.74) is 2.23. The van der Waals surface area contributed by atoms with Gasteiger partial charge in [0.1, 0.15) is 5.68 Å². The summed E-state index contributed by atoms with van der Waals surface area (Å²) >= 11 is 0. The second-order valence-electron chi connectivity index (χ2n) is 3.80.